The molecule has 18 heavy (non-hydrogen) atoms. The van der Waals surface area contributed by atoms with E-state index in [9.17, 15) is 8.42 Å². The average Bonchev–Trinajstić information content (AvgIpc) is 2.88. The fourth-order valence-corrected chi connectivity index (χ4v) is 4.04. The van der Waals surface area contributed by atoms with Gasteiger partial charge < -0.3 is 4.98 Å². The zero-order chi connectivity index (χ0) is 13.2. The Morgan fingerprint density at radius 1 is 1.39 bits per heavy atom. The van der Waals surface area contributed by atoms with Crippen LogP contribution in [-0.2, 0) is 15.9 Å². The lowest BCUT2D eigenvalue weighted by atomic mass is 9.96. The molecular weight excluding hydrogens is 272 g/mol. The van der Waals surface area contributed by atoms with Gasteiger partial charge in [-0.3, -0.25) is 0 Å². The van der Waals surface area contributed by atoms with Gasteiger partial charge in [-0.25, -0.2) is 8.42 Å². The van der Waals surface area contributed by atoms with Gasteiger partial charge in [-0.2, -0.15) is 4.31 Å². The van der Waals surface area contributed by atoms with Crippen LogP contribution in [0.5, 0.6) is 0 Å². The Kier molecular flexibility index (Phi) is 4.35. The first kappa shape index (κ1) is 13.9. The van der Waals surface area contributed by atoms with Crippen LogP contribution in [-0.4, -0.2) is 30.8 Å². The van der Waals surface area contributed by atoms with Crippen molar-refractivity contribution in [3.63, 3.8) is 0 Å². The highest BCUT2D eigenvalue weighted by Crippen LogP contribution is 2.26. The molecule has 2 rings (SSSR count). The molecule has 1 saturated carbocycles. The summed E-state index contributed by atoms with van der Waals surface area (Å²) < 4.78 is 26.4. The summed E-state index contributed by atoms with van der Waals surface area (Å²) >= 11 is 5.68. The van der Waals surface area contributed by atoms with Gasteiger partial charge >= 0.3 is 0 Å². The van der Waals surface area contributed by atoms with Crippen molar-refractivity contribution in [3.8, 4) is 0 Å². The topological polar surface area (TPSA) is 53.2 Å². The predicted octanol–water partition coefficient (Wildman–Crippen LogP) is 2.71. The lowest BCUT2D eigenvalue weighted by molar-refractivity contribution is 0.286. The van der Waals surface area contributed by atoms with Crippen LogP contribution in [0.4, 0.5) is 0 Å². The molecule has 4 nitrogen and oxygen atoms in total. The zero-order valence-corrected chi connectivity index (χ0v) is 12.1. The van der Waals surface area contributed by atoms with E-state index < -0.39 is 10.0 Å². The monoisotopic (exact) mass is 290 g/mol. The molecule has 1 aliphatic rings. The maximum Gasteiger partial charge on any atom is 0.244 e. The van der Waals surface area contributed by atoms with Gasteiger partial charge in [0.05, 0.1) is 10.8 Å². The fraction of sp³-hybridized carbons (Fsp3) is 0.667. The second-order valence-electron chi connectivity index (χ2n) is 4.81. The van der Waals surface area contributed by atoms with Crippen molar-refractivity contribution < 1.29 is 8.42 Å². The Bertz CT molecular complexity index is 492. The summed E-state index contributed by atoms with van der Waals surface area (Å²) in [7, 11) is -1.71. The normalized spacial score (nSPS) is 18.4. The van der Waals surface area contributed by atoms with E-state index in [2.05, 4.69) is 4.98 Å². The molecule has 0 atom stereocenters. The molecule has 1 fully saturated rings. The van der Waals surface area contributed by atoms with Crippen molar-refractivity contribution >= 4 is 21.6 Å². The van der Waals surface area contributed by atoms with Crippen LogP contribution < -0.4 is 0 Å². The Balaban J connectivity index is 2.18. The van der Waals surface area contributed by atoms with Crippen LogP contribution in [0, 0.1) is 0 Å². The minimum Gasteiger partial charge on any atom is -0.363 e. The lowest BCUT2D eigenvalue weighted by Gasteiger charge is -2.30. The third-order valence-electron chi connectivity index (χ3n) is 3.63. The Hall–Kier alpha value is -0.520. The molecule has 1 aromatic rings. The summed E-state index contributed by atoms with van der Waals surface area (Å²) in [6.45, 7) is 0. The largest absolute Gasteiger partial charge is 0.363 e. The maximum atomic E-state index is 12.4. The molecule has 0 aromatic carbocycles. The fourth-order valence-electron chi connectivity index (χ4n) is 2.45. The Labute approximate surface area is 113 Å². The first-order chi connectivity index (χ1) is 8.55. The second kappa shape index (κ2) is 5.63. The van der Waals surface area contributed by atoms with Gasteiger partial charge in [0.15, 0.2) is 0 Å². The van der Waals surface area contributed by atoms with E-state index in [1.54, 1.807) is 13.1 Å². The molecule has 0 radical (unpaired) electrons. The quantitative estimate of drug-likeness (QED) is 0.867. The number of aromatic amines is 1. The van der Waals surface area contributed by atoms with Crippen LogP contribution in [0.2, 0.25) is 0 Å². The van der Waals surface area contributed by atoms with E-state index in [0.717, 1.165) is 31.4 Å². The molecule has 102 valence electrons. The van der Waals surface area contributed by atoms with E-state index in [0.29, 0.717) is 10.8 Å². The molecule has 1 N–H and O–H groups in total. The molecule has 0 bridgehead atoms. The van der Waals surface area contributed by atoms with Gasteiger partial charge in [0.2, 0.25) is 10.0 Å². The van der Waals surface area contributed by atoms with E-state index >= 15 is 0 Å². The molecule has 1 heterocycles. The van der Waals surface area contributed by atoms with E-state index in [4.69, 9.17) is 11.6 Å². The highest BCUT2D eigenvalue weighted by atomic mass is 35.5. The number of halogens is 1. The Morgan fingerprint density at radius 2 is 2.06 bits per heavy atom. The molecular formula is C12H19ClN2O2S. The SMILES string of the molecule is CN(C1CCCCC1)S(=O)(=O)c1c[nH]c(CCl)c1. The molecule has 0 spiro atoms. The molecule has 0 saturated heterocycles. The summed E-state index contributed by atoms with van der Waals surface area (Å²) in [5, 5.41) is 0. The van der Waals surface area contributed by atoms with Gasteiger partial charge in [0.25, 0.3) is 0 Å². The van der Waals surface area contributed by atoms with Crippen LogP contribution in [0.1, 0.15) is 37.8 Å². The molecule has 0 aliphatic heterocycles. The summed E-state index contributed by atoms with van der Waals surface area (Å²) in [5.41, 5.74) is 0.729. The van der Waals surface area contributed by atoms with Crippen LogP contribution in [0.25, 0.3) is 0 Å². The summed E-state index contributed by atoms with van der Waals surface area (Å²) in [4.78, 5) is 3.19. The number of hydrogen-bond acceptors (Lipinski definition) is 2. The maximum absolute atomic E-state index is 12.4. The molecule has 1 aromatic heterocycles. The van der Waals surface area contributed by atoms with Gasteiger partial charge in [-0.15, -0.1) is 11.6 Å². The van der Waals surface area contributed by atoms with E-state index in [1.807, 2.05) is 0 Å². The third kappa shape index (κ3) is 2.73. The molecule has 0 amide bonds. The highest BCUT2D eigenvalue weighted by Gasteiger charge is 2.29. The van der Waals surface area contributed by atoms with Crippen molar-refractivity contribution in [2.24, 2.45) is 0 Å². The van der Waals surface area contributed by atoms with Gasteiger partial charge in [0, 0.05) is 25.0 Å². The van der Waals surface area contributed by atoms with Gasteiger partial charge in [0.1, 0.15) is 0 Å². The minimum absolute atomic E-state index is 0.137. The molecule has 0 unspecified atom stereocenters. The van der Waals surface area contributed by atoms with Crippen LogP contribution in [0.3, 0.4) is 0 Å². The van der Waals surface area contributed by atoms with Crippen molar-refractivity contribution in [2.45, 2.75) is 48.9 Å². The van der Waals surface area contributed by atoms with E-state index in [1.165, 1.54) is 16.9 Å². The number of sulfonamides is 1. The first-order valence-electron chi connectivity index (χ1n) is 6.27. The molecule has 6 heteroatoms. The summed E-state index contributed by atoms with van der Waals surface area (Å²) in [5.74, 6) is 0.294. The van der Waals surface area contributed by atoms with Gasteiger partial charge in [-0.05, 0) is 18.9 Å². The number of alkyl halides is 1. The van der Waals surface area contributed by atoms with E-state index in [-0.39, 0.29) is 6.04 Å². The van der Waals surface area contributed by atoms with Crippen molar-refractivity contribution in [3.05, 3.63) is 18.0 Å². The standard InChI is InChI=1S/C12H19ClN2O2S/c1-15(11-5-3-2-4-6-11)18(16,17)12-7-10(8-13)14-9-12/h7,9,11,14H,2-6,8H2,1H3. The number of nitrogens with zero attached hydrogens (tertiary/aromatic N) is 1. The van der Waals surface area contributed by atoms with Crippen molar-refractivity contribution in [1.82, 2.24) is 9.29 Å². The number of hydrogen-bond donors (Lipinski definition) is 1. The number of rotatable bonds is 4. The predicted molar refractivity (Wildman–Crippen MR) is 72.2 cm³/mol. The second-order valence-corrected chi connectivity index (χ2v) is 7.07. The lowest BCUT2D eigenvalue weighted by Crippen LogP contribution is -2.38. The average molecular weight is 291 g/mol. The Morgan fingerprint density at radius 3 is 2.61 bits per heavy atom. The first-order valence-corrected chi connectivity index (χ1v) is 8.24. The van der Waals surface area contributed by atoms with Gasteiger partial charge in [-0.1, -0.05) is 19.3 Å². The third-order valence-corrected chi connectivity index (χ3v) is 5.80. The number of H-pyrrole nitrogens is 1. The number of aromatic nitrogens is 1. The highest BCUT2D eigenvalue weighted by molar-refractivity contribution is 7.89. The van der Waals surface area contributed by atoms with Crippen molar-refractivity contribution in [1.29, 1.82) is 0 Å². The zero-order valence-electron chi connectivity index (χ0n) is 10.5. The van der Waals surface area contributed by atoms with Crippen molar-refractivity contribution in [2.75, 3.05) is 7.05 Å². The smallest absolute Gasteiger partial charge is 0.244 e. The number of nitrogens with one attached hydrogen (secondary N) is 1. The van der Waals surface area contributed by atoms with Crippen LogP contribution in [0.15, 0.2) is 17.2 Å². The summed E-state index contributed by atoms with van der Waals surface area (Å²) in [6, 6.07) is 1.75. The summed E-state index contributed by atoms with van der Waals surface area (Å²) in [6.07, 6.45) is 6.89. The minimum atomic E-state index is -3.38. The van der Waals surface area contributed by atoms with Crippen LogP contribution >= 0.6 is 11.6 Å². The molecule has 1 aliphatic carbocycles.